The Morgan fingerprint density at radius 2 is 1.60 bits per heavy atom. The first-order valence-corrected chi connectivity index (χ1v) is 8.27. The molecule has 0 aliphatic rings. The molecule has 0 unspecified atom stereocenters. The van der Waals surface area contributed by atoms with Gasteiger partial charge in [-0.2, -0.15) is 5.26 Å². The molecule has 0 heterocycles. The molecule has 2 nitrogen and oxygen atoms in total. The highest BCUT2D eigenvalue weighted by atomic mass is 35.5. The van der Waals surface area contributed by atoms with E-state index in [4.69, 9.17) is 16.3 Å². The molecule has 0 amide bonds. The Hall–Kier alpha value is -3.02. The number of hydrogen-bond donors (Lipinski definition) is 0. The molecule has 0 spiro atoms. The van der Waals surface area contributed by atoms with Gasteiger partial charge in [0.05, 0.1) is 11.6 Å². The summed E-state index contributed by atoms with van der Waals surface area (Å²) in [5.74, 6) is 0.797. The summed E-state index contributed by atoms with van der Waals surface area (Å²) in [5.41, 5.74) is 3.51. The first kappa shape index (κ1) is 16.8. The zero-order valence-corrected chi connectivity index (χ0v) is 14.3. The molecule has 0 N–H and O–H groups in total. The lowest BCUT2D eigenvalue weighted by Crippen LogP contribution is -1.94. The lowest BCUT2D eigenvalue weighted by Gasteiger charge is -2.06. The molecule has 122 valence electrons. The number of hydrogen-bond acceptors (Lipinski definition) is 2. The van der Waals surface area contributed by atoms with Gasteiger partial charge in [0.25, 0.3) is 0 Å². The summed E-state index contributed by atoms with van der Waals surface area (Å²) in [5, 5.41) is 10.1. The highest BCUT2D eigenvalue weighted by Crippen LogP contribution is 2.21. The van der Waals surface area contributed by atoms with E-state index in [1.54, 1.807) is 12.1 Å². The van der Waals surface area contributed by atoms with Gasteiger partial charge in [0.15, 0.2) is 0 Å². The van der Waals surface area contributed by atoms with E-state index in [-0.39, 0.29) is 0 Å². The van der Waals surface area contributed by atoms with Crippen molar-refractivity contribution in [2.75, 3.05) is 0 Å². The molecule has 0 bridgehead atoms. The smallest absolute Gasteiger partial charge is 0.119 e. The van der Waals surface area contributed by atoms with E-state index in [1.807, 2.05) is 72.8 Å². The average molecular weight is 346 g/mol. The van der Waals surface area contributed by atoms with Gasteiger partial charge in [-0.05, 0) is 47.0 Å². The number of halogens is 1. The van der Waals surface area contributed by atoms with Crippen molar-refractivity contribution in [1.29, 1.82) is 5.26 Å². The zero-order chi connectivity index (χ0) is 17.5. The van der Waals surface area contributed by atoms with E-state index >= 15 is 0 Å². The fourth-order valence-corrected chi connectivity index (χ4v) is 2.50. The van der Waals surface area contributed by atoms with Gasteiger partial charge in [0.1, 0.15) is 12.4 Å². The molecule has 3 aromatic carbocycles. The Labute approximate surface area is 152 Å². The summed E-state index contributed by atoms with van der Waals surface area (Å²) in [4.78, 5) is 0. The normalized spacial score (nSPS) is 11.0. The van der Waals surface area contributed by atoms with E-state index in [0.29, 0.717) is 17.2 Å². The molecular weight excluding hydrogens is 330 g/mol. The van der Waals surface area contributed by atoms with Gasteiger partial charge in [0, 0.05) is 5.02 Å². The van der Waals surface area contributed by atoms with Gasteiger partial charge >= 0.3 is 0 Å². The number of allylic oxidation sites excluding steroid dienone is 1. The molecule has 3 aromatic rings. The van der Waals surface area contributed by atoms with Crippen LogP contribution in [0.5, 0.6) is 5.75 Å². The molecule has 0 aliphatic heterocycles. The summed E-state index contributed by atoms with van der Waals surface area (Å²) < 4.78 is 5.78. The summed E-state index contributed by atoms with van der Waals surface area (Å²) in [6, 6.07) is 27.2. The van der Waals surface area contributed by atoms with Crippen LogP contribution in [0.15, 0.2) is 78.9 Å². The molecular formula is C22H16ClNO. The van der Waals surface area contributed by atoms with Crippen molar-refractivity contribution in [2.45, 2.75) is 6.61 Å². The van der Waals surface area contributed by atoms with E-state index in [2.05, 4.69) is 6.07 Å². The van der Waals surface area contributed by atoms with E-state index in [0.717, 1.165) is 22.4 Å². The Morgan fingerprint density at radius 1 is 0.920 bits per heavy atom. The molecule has 25 heavy (non-hydrogen) atoms. The lowest BCUT2D eigenvalue weighted by atomic mass is 10.0. The number of rotatable bonds is 5. The molecule has 0 aliphatic carbocycles. The van der Waals surface area contributed by atoms with Crippen molar-refractivity contribution in [1.82, 2.24) is 0 Å². The van der Waals surface area contributed by atoms with Crippen LogP contribution in [-0.4, -0.2) is 0 Å². The van der Waals surface area contributed by atoms with Gasteiger partial charge in [-0.3, -0.25) is 0 Å². The number of benzene rings is 3. The van der Waals surface area contributed by atoms with Crippen LogP contribution in [0.2, 0.25) is 5.02 Å². The Morgan fingerprint density at radius 3 is 2.24 bits per heavy atom. The highest BCUT2D eigenvalue weighted by Gasteiger charge is 2.02. The molecule has 3 heteroatoms. The molecule has 0 radical (unpaired) electrons. The third-order valence-electron chi connectivity index (χ3n) is 3.72. The molecule has 0 aromatic heterocycles. The van der Waals surface area contributed by atoms with Crippen LogP contribution in [0.3, 0.4) is 0 Å². The van der Waals surface area contributed by atoms with Crippen molar-refractivity contribution < 1.29 is 4.74 Å². The standard InChI is InChI=1S/C22H16ClNO/c23-21-10-8-19(9-11-21)20(15-24)14-17-6-12-22(13-7-17)25-16-18-4-2-1-3-5-18/h1-14H,16H2. The van der Waals surface area contributed by atoms with Gasteiger partial charge in [-0.25, -0.2) is 0 Å². The topological polar surface area (TPSA) is 33.0 Å². The van der Waals surface area contributed by atoms with Crippen molar-refractivity contribution >= 4 is 23.3 Å². The van der Waals surface area contributed by atoms with Crippen LogP contribution < -0.4 is 4.74 Å². The number of nitriles is 1. The van der Waals surface area contributed by atoms with E-state index < -0.39 is 0 Å². The van der Waals surface area contributed by atoms with Crippen molar-refractivity contribution in [3.8, 4) is 11.8 Å². The second kappa shape index (κ2) is 8.19. The summed E-state index contributed by atoms with van der Waals surface area (Å²) in [6.45, 7) is 0.532. The maximum absolute atomic E-state index is 9.40. The van der Waals surface area contributed by atoms with Gasteiger partial charge in [-0.1, -0.05) is 66.2 Å². The third-order valence-corrected chi connectivity index (χ3v) is 3.97. The molecule has 0 saturated heterocycles. The largest absolute Gasteiger partial charge is 0.489 e. The first-order chi connectivity index (χ1) is 12.2. The lowest BCUT2D eigenvalue weighted by molar-refractivity contribution is 0.306. The zero-order valence-electron chi connectivity index (χ0n) is 13.5. The summed E-state index contributed by atoms with van der Waals surface area (Å²) in [6.07, 6.45) is 1.85. The minimum Gasteiger partial charge on any atom is -0.489 e. The van der Waals surface area contributed by atoms with Crippen LogP contribution in [0.25, 0.3) is 11.6 Å². The van der Waals surface area contributed by atoms with Gasteiger partial charge in [-0.15, -0.1) is 0 Å². The molecule has 0 saturated carbocycles. The van der Waals surface area contributed by atoms with Crippen molar-refractivity contribution in [3.63, 3.8) is 0 Å². The van der Waals surface area contributed by atoms with Crippen molar-refractivity contribution in [2.24, 2.45) is 0 Å². The van der Waals surface area contributed by atoms with Crippen LogP contribution >= 0.6 is 11.6 Å². The van der Waals surface area contributed by atoms with Crippen LogP contribution in [-0.2, 0) is 6.61 Å². The fourth-order valence-electron chi connectivity index (χ4n) is 2.38. The maximum Gasteiger partial charge on any atom is 0.119 e. The third kappa shape index (κ3) is 4.73. The molecule has 3 rings (SSSR count). The van der Waals surface area contributed by atoms with E-state index in [9.17, 15) is 5.26 Å². The molecule has 0 atom stereocenters. The predicted octanol–water partition coefficient (Wildman–Crippen LogP) is 5.98. The maximum atomic E-state index is 9.40. The fraction of sp³-hybridized carbons (Fsp3) is 0.0455. The van der Waals surface area contributed by atoms with E-state index in [1.165, 1.54) is 0 Å². The Balaban J connectivity index is 1.71. The Bertz CT molecular complexity index is 892. The highest BCUT2D eigenvalue weighted by molar-refractivity contribution is 6.30. The number of ether oxygens (including phenoxy) is 1. The SMILES string of the molecule is N#CC(=Cc1ccc(OCc2ccccc2)cc1)c1ccc(Cl)cc1. The van der Waals surface area contributed by atoms with Gasteiger partial charge < -0.3 is 4.74 Å². The predicted molar refractivity (Wildman–Crippen MR) is 102 cm³/mol. The number of nitrogens with zero attached hydrogens (tertiary/aromatic N) is 1. The monoisotopic (exact) mass is 345 g/mol. The van der Waals surface area contributed by atoms with Crippen LogP contribution in [0, 0.1) is 11.3 Å². The van der Waals surface area contributed by atoms with Crippen LogP contribution in [0.4, 0.5) is 0 Å². The second-order valence-electron chi connectivity index (χ2n) is 5.52. The summed E-state index contributed by atoms with van der Waals surface area (Å²) in [7, 11) is 0. The van der Waals surface area contributed by atoms with Gasteiger partial charge in [0.2, 0.25) is 0 Å². The minimum absolute atomic E-state index is 0.532. The quantitative estimate of drug-likeness (QED) is 0.420. The van der Waals surface area contributed by atoms with Crippen molar-refractivity contribution in [3.05, 3.63) is 101 Å². The van der Waals surface area contributed by atoms with Crippen LogP contribution in [0.1, 0.15) is 16.7 Å². The second-order valence-corrected chi connectivity index (χ2v) is 5.96. The minimum atomic E-state index is 0.532. The first-order valence-electron chi connectivity index (χ1n) is 7.89. The Kier molecular flexibility index (Phi) is 5.51. The summed E-state index contributed by atoms with van der Waals surface area (Å²) >= 11 is 5.89. The molecule has 0 fully saturated rings. The average Bonchev–Trinajstić information content (AvgIpc) is 2.67.